The standard InChI is InChI=1S/C21H32N4O3/c1-13(2)19(22)20(27)23-12-18(26)24-17-9-8-16(11-14(17)3)21(28)25-10-6-5-7-15(25)4/h8-9,11,13,15,19H,5-7,10,12,22H2,1-4H3,(H,23,27)(H,24,26)/t15?,19-/m0/s1. The van der Waals surface area contributed by atoms with Crippen molar-refractivity contribution in [3.8, 4) is 0 Å². The highest BCUT2D eigenvalue weighted by molar-refractivity contribution is 5.98. The van der Waals surface area contributed by atoms with Crippen LogP contribution in [0.5, 0.6) is 0 Å². The molecular weight excluding hydrogens is 356 g/mol. The van der Waals surface area contributed by atoms with Gasteiger partial charge in [0.1, 0.15) is 0 Å². The van der Waals surface area contributed by atoms with Crippen molar-refractivity contribution in [2.24, 2.45) is 11.7 Å². The van der Waals surface area contributed by atoms with Gasteiger partial charge in [-0.15, -0.1) is 0 Å². The number of hydrogen-bond donors (Lipinski definition) is 3. The second kappa shape index (κ2) is 9.68. The third-order valence-electron chi connectivity index (χ3n) is 5.26. The molecule has 1 aromatic carbocycles. The van der Waals surface area contributed by atoms with Gasteiger partial charge >= 0.3 is 0 Å². The Kier molecular flexibility index (Phi) is 7.57. The van der Waals surface area contributed by atoms with E-state index in [1.165, 1.54) is 0 Å². The molecule has 1 heterocycles. The van der Waals surface area contributed by atoms with Gasteiger partial charge in [0.15, 0.2) is 0 Å². The molecule has 1 saturated heterocycles. The molecule has 0 aromatic heterocycles. The van der Waals surface area contributed by atoms with Gasteiger partial charge in [-0.05, 0) is 62.8 Å². The maximum absolute atomic E-state index is 12.8. The first kappa shape index (κ1) is 21.9. The van der Waals surface area contributed by atoms with Gasteiger partial charge in [-0.3, -0.25) is 14.4 Å². The predicted octanol–water partition coefficient (Wildman–Crippen LogP) is 2.05. The van der Waals surface area contributed by atoms with Crippen molar-refractivity contribution >= 4 is 23.4 Å². The Balaban J connectivity index is 1.95. The number of piperidine rings is 1. The predicted molar refractivity (Wildman–Crippen MR) is 110 cm³/mol. The number of likely N-dealkylation sites (tertiary alicyclic amines) is 1. The fourth-order valence-corrected chi connectivity index (χ4v) is 3.28. The average molecular weight is 389 g/mol. The Morgan fingerprint density at radius 3 is 2.57 bits per heavy atom. The van der Waals surface area contributed by atoms with Crippen LogP contribution >= 0.6 is 0 Å². The second-order valence-electron chi connectivity index (χ2n) is 7.91. The van der Waals surface area contributed by atoms with Crippen molar-refractivity contribution in [2.75, 3.05) is 18.4 Å². The van der Waals surface area contributed by atoms with E-state index in [0.717, 1.165) is 31.4 Å². The van der Waals surface area contributed by atoms with Crippen LogP contribution in [0.15, 0.2) is 18.2 Å². The van der Waals surface area contributed by atoms with Crippen molar-refractivity contribution in [1.82, 2.24) is 10.2 Å². The summed E-state index contributed by atoms with van der Waals surface area (Å²) < 4.78 is 0. The van der Waals surface area contributed by atoms with Crippen molar-refractivity contribution in [3.63, 3.8) is 0 Å². The van der Waals surface area contributed by atoms with Gasteiger partial charge in [0.25, 0.3) is 5.91 Å². The molecule has 0 saturated carbocycles. The lowest BCUT2D eigenvalue weighted by atomic mass is 10.0. The lowest BCUT2D eigenvalue weighted by molar-refractivity contribution is -0.125. The van der Waals surface area contributed by atoms with E-state index in [2.05, 4.69) is 17.6 Å². The van der Waals surface area contributed by atoms with Crippen molar-refractivity contribution in [1.29, 1.82) is 0 Å². The topological polar surface area (TPSA) is 105 Å². The van der Waals surface area contributed by atoms with Crippen LogP contribution < -0.4 is 16.4 Å². The molecule has 0 radical (unpaired) electrons. The van der Waals surface area contributed by atoms with Gasteiger partial charge < -0.3 is 21.3 Å². The van der Waals surface area contributed by atoms with Gasteiger partial charge in [-0.2, -0.15) is 0 Å². The van der Waals surface area contributed by atoms with E-state index in [1.54, 1.807) is 18.2 Å². The zero-order valence-electron chi connectivity index (χ0n) is 17.2. The highest BCUT2D eigenvalue weighted by Crippen LogP contribution is 2.22. The summed E-state index contributed by atoms with van der Waals surface area (Å²) in [6.07, 6.45) is 3.23. The van der Waals surface area contributed by atoms with Crippen LogP contribution in [-0.2, 0) is 9.59 Å². The minimum absolute atomic E-state index is 0.00184. The second-order valence-corrected chi connectivity index (χ2v) is 7.91. The highest BCUT2D eigenvalue weighted by Gasteiger charge is 2.24. The third-order valence-corrected chi connectivity index (χ3v) is 5.26. The Morgan fingerprint density at radius 1 is 1.25 bits per heavy atom. The van der Waals surface area contributed by atoms with Crippen LogP contribution in [0.4, 0.5) is 5.69 Å². The molecule has 0 spiro atoms. The maximum Gasteiger partial charge on any atom is 0.254 e. The van der Waals surface area contributed by atoms with Crippen molar-refractivity contribution in [3.05, 3.63) is 29.3 Å². The number of anilines is 1. The lowest BCUT2D eigenvalue weighted by Crippen LogP contribution is -2.46. The minimum atomic E-state index is -0.642. The lowest BCUT2D eigenvalue weighted by Gasteiger charge is -2.33. The molecule has 1 aliphatic heterocycles. The molecule has 154 valence electrons. The molecule has 3 amide bonds. The Bertz CT molecular complexity index is 732. The van der Waals surface area contributed by atoms with Crippen LogP contribution in [0.2, 0.25) is 0 Å². The Labute approximate surface area is 167 Å². The summed E-state index contributed by atoms with van der Waals surface area (Å²) in [6, 6.07) is 4.88. The van der Waals surface area contributed by atoms with E-state index >= 15 is 0 Å². The Morgan fingerprint density at radius 2 is 1.96 bits per heavy atom. The largest absolute Gasteiger partial charge is 0.346 e. The van der Waals surface area contributed by atoms with E-state index in [-0.39, 0.29) is 36.2 Å². The first-order valence-corrected chi connectivity index (χ1v) is 9.95. The molecule has 28 heavy (non-hydrogen) atoms. The third kappa shape index (κ3) is 5.55. The molecule has 7 heteroatoms. The number of carbonyl (C=O) groups excluding carboxylic acids is 3. The molecule has 0 aliphatic carbocycles. The van der Waals surface area contributed by atoms with Crippen LogP contribution in [-0.4, -0.2) is 47.8 Å². The minimum Gasteiger partial charge on any atom is -0.346 e. The SMILES string of the molecule is Cc1cc(C(=O)N2CCCCC2C)ccc1NC(=O)CNC(=O)[C@@H](N)C(C)C. The summed E-state index contributed by atoms with van der Waals surface area (Å²) in [4.78, 5) is 38.7. The number of benzene rings is 1. The fourth-order valence-electron chi connectivity index (χ4n) is 3.28. The summed E-state index contributed by atoms with van der Waals surface area (Å²) in [5.74, 6) is -0.657. The molecular formula is C21H32N4O3. The molecule has 4 N–H and O–H groups in total. The molecule has 1 fully saturated rings. The number of rotatable bonds is 6. The van der Waals surface area contributed by atoms with Gasteiger partial charge in [0, 0.05) is 23.8 Å². The van der Waals surface area contributed by atoms with E-state index in [0.29, 0.717) is 11.3 Å². The van der Waals surface area contributed by atoms with Gasteiger partial charge in [0.2, 0.25) is 11.8 Å². The maximum atomic E-state index is 12.8. The number of nitrogens with two attached hydrogens (primary N) is 1. The van der Waals surface area contributed by atoms with Crippen LogP contribution in [0.1, 0.15) is 56.0 Å². The molecule has 2 atom stereocenters. The van der Waals surface area contributed by atoms with Crippen LogP contribution in [0, 0.1) is 12.8 Å². The zero-order valence-corrected chi connectivity index (χ0v) is 17.2. The number of hydrogen-bond acceptors (Lipinski definition) is 4. The van der Waals surface area contributed by atoms with Gasteiger partial charge in [-0.1, -0.05) is 13.8 Å². The van der Waals surface area contributed by atoms with Gasteiger partial charge in [-0.25, -0.2) is 0 Å². The quantitative estimate of drug-likeness (QED) is 0.694. The van der Waals surface area contributed by atoms with Gasteiger partial charge in [0.05, 0.1) is 12.6 Å². The number of amides is 3. The number of nitrogens with one attached hydrogen (secondary N) is 2. The van der Waals surface area contributed by atoms with E-state index in [9.17, 15) is 14.4 Å². The number of carbonyl (C=O) groups is 3. The summed E-state index contributed by atoms with van der Waals surface area (Å²) in [5.41, 5.74) is 7.81. The monoisotopic (exact) mass is 388 g/mol. The van der Waals surface area contributed by atoms with E-state index in [1.807, 2.05) is 25.7 Å². The summed E-state index contributed by atoms with van der Waals surface area (Å²) in [7, 11) is 0. The molecule has 1 aliphatic rings. The molecule has 7 nitrogen and oxygen atoms in total. The number of aryl methyl sites for hydroxylation is 1. The molecule has 0 bridgehead atoms. The summed E-state index contributed by atoms with van der Waals surface area (Å²) in [5, 5.41) is 5.31. The number of nitrogens with zero attached hydrogens (tertiary/aromatic N) is 1. The zero-order chi connectivity index (χ0) is 20.8. The first-order chi connectivity index (χ1) is 13.2. The molecule has 2 rings (SSSR count). The summed E-state index contributed by atoms with van der Waals surface area (Å²) >= 11 is 0. The smallest absolute Gasteiger partial charge is 0.254 e. The van der Waals surface area contributed by atoms with E-state index < -0.39 is 6.04 Å². The van der Waals surface area contributed by atoms with Crippen molar-refractivity contribution < 1.29 is 14.4 Å². The highest BCUT2D eigenvalue weighted by atomic mass is 16.2. The van der Waals surface area contributed by atoms with E-state index in [4.69, 9.17) is 5.73 Å². The fraction of sp³-hybridized carbons (Fsp3) is 0.571. The molecule has 1 aromatic rings. The first-order valence-electron chi connectivity index (χ1n) is 9.95. The average Bonchev–Trinajstić information content (AvgIpc) is 2.66. The normalized spacial score (nSPS) is 17.9. The van der Waals surface area contributed by atoms with Crippen LogP contribution in [0.25, 0.3) is 0 Å². The molecule has 1 unspecified atom stereocenters. The summed E-state index contributed by atoms with van der Waals surface area (Å²) in [6.45, 7) is 8.26. The Hall–Kier alpha value is -2.41. The van der Waals surface area contributed by atoms with Crippen molar-refractivity contribution in [2.45, 2.75) is 59.0 Å². The van der Waals surface area contributed by atoms with Crippen LogP contribution in [0.3, 0.4) is 0 Å².